The summed E-state index contributed by atoms with van der Waals surface area (Å²) < 4.78 is 0. The number of hydrogen-bond donors (Lipinski definition) is 2. The molecule has 0 aliphatic rings. The van der Waals surface area contributed by atoms with E-state index in [2.05, 4.69) is 10.3 Å². The lowest BCUT2D eigenvalue weighted by Gasteiger charge is -2.16. The molecule has 16 heavy (non-hydrogen) atoms. The first-order valence-electron chi connectivity index (χ1n) is 5.11. The van der Waals surface area contributed by atoms with Crippen LogP contribution in [0.2, 0.25) is 5.15 Å². The van der Waals surface area contributed by atoms with E-state index in [0.717, 1.165) is 0 Å². The molecule has 0 aliphatic heterocycles. The molecule has 5 heteroatoms. The van der Waals surface area contributed by atoms with Gasteiger partial charge in [0.15, 0.2) is 0 Å². The summed E-state index contributed by atoms with van der Waals surface area (Å²) in [6, 6.07) is 3.19. The molecule has 1 amide bonds. The van der Waals surface area contributed by atoms with Crippen LogP contribution in [0.4, 0.5) is 5.69 Å². The first kappa shape index (κ1) is 12.9. The van der Waals surface area contributed by atoms with Gasteiger partial charge in [0.2, 0.25) is 5.91 Å². The van der Waals surface area contributed by atoms with E-state index in [9.17, 15) is 4.79 Å². The van der Waals surface area contributed by atoms with Crippen molar-refractivity contribution < 1.29 is 4.79 Å². The molecule has 3 N–H and O–H groups in total. The van der Waals surface area contributed by atoms with Crippen molar-refractivity contribution in [1.82, 2.24) is 4.98 Å². The fourth-order valence-corrected chi connectivity index (χ4v) is 1.34. The van der Waals surface area contributed by atoms with Crippen LogP contribution in [-0.4, -0.2) is 16.9 Å². The molecule has 0 fully saturated rings. The van der Waals surface area contributed by atoms with Crippen LogP contribution in [0.3, 0.4) is 0 Å². The van der Waals surface area contributed by atoms with Gasteiger partial charge in [0.1, 0.15) is 5.15 Å². The van der Waals surface area contributed by atoms with Gasteiger partial charge in [-0.25, -0.2) is 4.98 Å². The number of rotatable bonds is 3. The molecule has 4 nitrogen and oxygen atoms in total. The van der Waals surface area contributed by atoms with Crippen molar-refractivity contribution in [2.75, 3.05) is 5.32 Å². The zero-order valence-corrected chi connectivity index (χ0v) is 10.4. The van der Waals surface area contributed by atoms with Crippen molar-refractivity contribution in [3.8, 4) is 0 Å². The monoisotopic (exact) mass is 241 g/mol. The Hall–Kier alpha value is -1.13. The summed E-state index contributed by atoms with van der Waals surface area (Å²) in [7, 11) is 0. The molecular weight excluding hydrogens is 226 g/mol. The van der Waals surface area contributed by atoms with E-state index < -0.39 is 0 Å². The van der Waals surface area contributed by atoms with Gasteiger partial charge >= 0.3 is 0 Å². The van der Waals surface area contributed by atoms with Crippen LogP contribution in [0.15, 0.2) is 12.1 Å². The highest BCUT2D eigenvalue weighted by molar-refractivity contribution is 6.29. The minimum absolute atomic E-state index is 0.109. The lowest BCUT2D eigenvalue weighted by molar-refractivity contribution is -0.119. The number of anilines is 1. The smallest absolute Gasteiger partial charge is 0.228 e. The molecule has 2 atom stereocenters. The van der Waals surface area contributed by atoms with Crippen LogP contribution in [0.25, 0.3) is 0 Å². The third kappa shape index (κ3) is 3.18. The number of aromatic nitrogens is 1. The molecular formula is C11H16ClN3O. The third-order valence-electron chi connectivity index (χ3n) is 2.51. The first-order valence-corrected chi connectivity index (χ1v) is 5.49. The Labute approximate surface area is 100 Å². The normalized spacial score (nSPS) is 14.3. The number of nitrogens with zero attached hydrogens (tertiary/aromatic N) is 1. The summed E-state index contributed by atoms with van der Waals surface area (Å²) >= 11 is 5.72. The predicted molar refractivity (Wildman–Crippen MR) is 65.4 cm³/mol. The standard InChI is InChI=1S/C11H16ClN3O/c1-6(7(2)13)11(16)15-9-4-5-10(12)14-8(9)3/h4-7H,13H2,1-3H3,(H,15,16). The zero-order chi connectivity index (χ0) is 12.3. The maximum atomic E-state index is 11.7. The number of nitrogens with two attached hydrogens (primary N) is 1. The summed E-state index contributed by atoms with van der Waals surface area (Å²) in [5.41, 5.74) is 7.02. The van der Waals surface area contributed by atoms with E-state index in [1.165, 1.54) is 0 Å². The summed E-state index contributed by atoms with van der Waals surface area (Å²) in [5.74, 6) is -0.350. The highest BCUT2D eigenvalue weighted by Gasteiger charge is 2.17. The van der Waals surface area contributed by atoms with E-state index in [0.29, 0.717) is 16.5 Å². The third-order valence-corrected chi connectivity index (χ3v) is 2.72. The quantitative estimate of drug-likeness (QED) is 0.795. The summed E-state index contributed by atoms with van der Waals surface area (Å²) in [4.78, 5) is 15.8. The molecule has 1 heterocycles. The van der Waals surface area contributed by atoms with Gasteiger partial charge in [-0.05, 0) is 26.0 Å². The van der Waals surface area contributed by atoms with Crippen molar-refractivity contribution in [1.29, 1.82) is 0 Å². The zero-order valence-electron chi connectivity index (χ0n) is 9.62. The van der Waals surface area contributed by atoms with Crippen LogP contribution in [0, 0.1) is 12.8 Å². The predicted octanol–water partition coefficient (Wildman–Crippen LogP) is 1.97. The minimum atomic E-state index is -0.241. The van der Waals surface area contributed by atoms with Gasteiger partial charge in [-0.1, -0.05) is 18.5 Å². The number of hydrogen-bond acceptors (Lipinski definition) is 3. The first-order chi connectivity index (χ1) is 7.41. The average Bonchev–Trinajstić information content (AvgIpc) is 2.20. The molecule has 0 saturated heterocycles. The van der Waals surface area contributed by atoms with Crippen molar-refractivity contribution >= 4 is 23.2 Å². The van der Waals surface area contributed by atoms with Crippen molar-refractivity contribution in [3.05, 3.63) is 23.0 Å². The molecule has 88 valence electrons. The van der Waals surface area contributed by atoms with Crippen LogP contribution in [-0.2, 0) is 4.79 Å². The molecule has 0 saturated carbocycles. The molecule has 1 aromatic heterocycles. The highest BCUT2D eigenvalue weighted by atomic mass is 35.5. The van der Waals surface area contributed by atoms with Crippen molar-refractivity contribution in [2.45, 2.75) is 26.8 Å². The maximum Gasteiger partial charge on any atom is 0.228 e. The van der Waals surface area contributed by atoms with Gasteiger partial charge < -0.3 is 11.1 Å². The Kier molecular flexibility index (Phi) is 4.26. The number of amides is 1. The maximum absolute atomic E-state index is 11.7. The Morgan fingerprint density at radius 2 is 2.12 bits per heavy atom. The van der Waals surface area contributed by atoms with Gasteiger partial charge in [0, 0.05) is 6.04 Å². The molecule has 0 bridgehead atoms. The number of carbonyl (C=O) groups is 1. The SMILES string of the molecule is Cc1nc(Cl)ccc1NC(=O)C(C)C(C)N. The number of halogens is 1. The van der Waals surface area contributed by atoms with Gasteiger partial charge in [0.05, 0.1) is 17.3 Å². The highest BCUT2D eigenvalue weighted by Crippen LogP contribution is 2.16. The molecule has 0 radical (unpaired) electrons. The summed E-state index contributed by atoms with van der Waals surface area (Å²) in [6.07, 6.45) is 0. The number of nitrogens with one attached hydrogen (secondary N) is 1. The fourth-order valence-electron chi connectivity index (χ4n) is 1.15. The molecule has 2 unspecified atom stereocenters. The molecule has 0 aromatic carbocycles. The Morgan fingerprint density at radius 1 is 1.50 bits per heavy atom. The van der Waals surface area contributed by atoms with Crippen LogP contribution < -0.4 is 11.1 Å². The summed E-state index contributed by atoms with van der Waals surface area (Å²) in [6.45, 7) is 5.38. The summed E-state index contributed by atoms with van der Waals surface area (Å²) in [5, 5.41) is 3.19. The van der Waals surface area contributed by atoms with Gasteiger partial charge in [0.25, 0.3) is 0 Å². The molecule has 0 aliphatic carbocycles. The van der Waals surface area contributed by atoms with Gasteiger partial charge in [-0.15, -0.1) is 0 Å². The number of aryl methyl sites for hydroxylation is 1. The average molecular weight is 242 g/mol. The van der Waals surface area contributed by atoms with Gasteiger partial charge in [-0.3, -0.25) is 4.79 Å². The Morgan fingerprint density at radius 3 is 2.62 bits per heavy atom. The molecule has 0 spiro atoms. The lowest BCUT2D eigenvalue weighted by atomic mass is 10.0. The fraction of sp³-hybridized carbons (Fsp3) is 0.455. The van der Waals surface area contributed by atoms with E-state index in [1.807, 2.05) is 0 Å². The van der Waals surface area contributed by atoms with E-state index in [-0.39, 0.29) is 17.9 Å². The van der Waals surface area contributed by atoms with E-state index in [4.69, 9.17) is 17.3 Å². The second kappa shape index (κ2) is 5.27. The second-order valence-electron chi connectivity index (χ2n) is 3.90. The topological polar surface area (TPSA) is 68.0 Å². The minimum Gasteiger partial charge on any atom is -0.327 e. The largest absolute Gasteiger partial charge is 0.327 e. The van der Waals surface area contributed by atoms with Crippen molar-refractivity contribution in [2.24, 2.45) is 11.7 Å². The van der Waals surface area contributed by atoms with Crippen LogP contribution >= 0.6 is 11.6 Å². The number of carbonyl (C=O) groups excluding carboxylic acids is 1. The van der Waals surface area contributed by atoms with Crippen molar-refractivity contribution in [3.63, 3.8) is 0 Å². The Balaban J connectivity index is 2.77. The van der Waals surface area contributed by atoms with Crippen LogP contribution in [0.5, 0.6) is 0 Å². The molecule has 1 rings (SSSR count). The number of pyridine rings is 1. The van der Waals surface area contributed by atoms with E-state index >= 15 is 0 Å². The lowest BCUT2D eigenvalue weighted by Crippen LogP contribution is -2.34. The molecule has 1 aromatic rings. The van der Waals surface area contributed by atoms with Gasteiger partial charge in [-0.2, -0.15) is 0 Å². The second-order valence-corrected chi connectivity index (χ2v) is 4.29. The van der Waals surface area contributed by atoms with E-state index in [1.54, 1.807) is 32.9 Å². The van der Waals surface area contributed by atoms with Crippen LogP contribution in [0.1, 0.15) is 19.5 Å². The Bertz CT molecular complexity index is 393.